The minimum atomic E-state index is -0.434. The highest BCUT2D eigenvalue weighted by Gasteiger charge is 2.21. The third kappa shape index (κ3) is 4.31. The largest absolute Gasteiger partial charge is 0.452 e. The lowest BCUT2D eigenvalue weighted by atomic mass is 10.0. The Morgan fingerprint density at radius 1 is 1.29 bits per heavy atom. The fourth-order valence-corrected chi connectivity index (χ4v) is 2.59. The highest BCUT2D eigenvalue weighted by atomic mass is 16.5. The van der Waals surface area contributed by atoms with Crippen LogP contribution in [-0.4, -0.2) is 36.5 Å². The lowest BCUT2D eigenvalue weighted by Crippen LogP contribution is -2.41. The van der Waals surface area contributed by atoms with E-state index < -0.39 is 5.97 Å². The number of nitrogens with zero attached hydrogens (tertiary/aromatic N) is 1. The maximum absolute atomic E-state index is 12.0. The van der Waals surface area contributed by atoms with Gasteiger partial charge in [-0.05, 0) is 42.9 Å². The van der Waals surface area contributed by atoms with Crippen molar-refractivity contribution in [2.45, 2.75) is 33.1 Å². The summed E-state index contributed by atoms with van der Waals surface area (Å²) in [6.07, 6.45) is 3.12. The molecule has 0 saturated carbocycles. The van der Waals surface area contributed by atoms with Gasteiger partial charge in [-0.25, -0.2) is 4.79 Å². The first-order valence-corrected chi connectivity index (χ1v) is 7.64. The first kappa shape index (κ1) is 15.5. The van der Waals surface area contributed by atoms with E-state index in [0.717, 1.165) is 32.4 Å². The zero-order valence-electron chi connectivity index (χ0n) is 12.8. The second kappa shape index (κ2) is 7.25. The van der Waals surface area contributed by atoms with Crippen LogP contribution in [0.4, 0.5) is 0 Å². The molecule has 0 aliphatic carbocycles. The van der Waals surface area contributed by atoms with Crippen molar-refractivity contribution in [2.24, 2.45) is 5.92 Å². The number of carbonyl (C=O) groups excluding carboxylic acids is 2. The Morgan fingerprint density at radius 2 is 2.00 bits per heavy atom. The van der Waals surface area contributed by atoms with Crippen LogP contribution in [0.5, 0.6) is 0 Å². The van der Waals surface area contributed by atoms with E-state index in [1.54, 1.807) is 17.0 Å². The minimum absolute atomic E-state index is 0.0971. The van der Waals surface area contributed by atoms with Crippen LogP contribution in [0.1, 0.15) is 42.6 Å². The van der Waals surface area contributed by atoms with Gasteiger partial charge in [0.2, 0.25) is 0 Å². The summed E-state index contributed by atoms with van der Waals surface area (Å²) in [5.74, 6) is -0.00358. The van der Waals surface area contributed by atoms with E-state index in [4.69, 9.17) is 4.74 Å². The number of hydrogen-bond acceptors (Lipinski definition) is 3. The summed E-state index contributed by atoms with van der Waals surface area (Å²) >= 11 is 0. The number of aryl methyl sites for hydroxylation is 1. The number of rotatable bonds is 4. The molecule has 0 bridgehead atoms. The second-order valence-corrected chi connectivity index (χ2v) is 5.71. The molecular weight excluding hydrogens is 266 g/mol. The SMILES string of the molecule is CCc1ccc(C(=O)OCC(=O)N2CCCC(C)C2)cc1. The molecule has 1 atom stereocenters. The van der Waals surface area contributed by atoms with Gasteiger partial charge in [-0.3, -0.25) is 4.79 Å². The highest BCUT2D eigenvalue weighted by molar-refractivity contribution is 5.91. The molecule has 1 aromatic rings. The molecular formula is C17H23NO3. The monoisotopic (exact) mass is 289 g/mol. The van der Waals surface area contributed by atoms with Crippen molar-refractivity contribution in [2.75, 3.05) is 19.7 Å². The maximum atomic E-state index is 12.0. The number of amides is 1. The highest BCUT2D eigenvalue weighted by Crippen LogP contribution is 2.15. The number of carbonyl (C=O) groups is 2. The van der Waals surface area contributed by atoms with Crippen molar-refractivity contribution in [3.63, 3.8) is 0 Å². The third-order valence-electron chi connectivity index (χ3n) is 3.93. The summed E-state index contributed by atoms with van der Waals surface area (Å²) in [7, 11) is 0. The predicted molar refractivity (Wildman–Crippen MR) is 81.1 cm³/mol. The molecule has 1 aromatic carbocycles. The average Bonchev–Trinajstić information content (AvgIpc) is 2.52. The van der Waals surface area contributed by atoms with E-state index in [2.05, 4.69) is 13.8 Å². The summed E-state index contributed by atoms with van der Waals surface area (Å²) in [5, 5.41) is 0. The zero-order valence-corrected chi connectivity index (χ0v) is 12.8. The van der Waals surface area contributed by atoms with Crippen LogP contribution in [0, 0.1) is 5.92 Å². The zero-order chi connectivity index (χ0) is 15.2. The molecule has 21 heavy (non-hydrogen) atoms. The van der Waals surface area contributed by atoms with Gasteiger partial charge in [-0.15, -0.1) is 0 Å². The topological polar surface area (TPSA) is 46.6 Å². The van der Waals surface area contributed by atoms with Crippen LogP contribution in [0.3, 0.4) is 0 Å². The average molecular weight is 289 g/mol. The molecule has 1 fully saturated rings. The first-order valence-electron chi connectivity index (χ1n) is 7.64. The molecule has 0 N–H and O–H groups in total. The molecule has 0 aromatic heterocycles. The molecule has 1 amide bonds. The van der Waals surface area contributed by atoms with Gasteiger partial charge in [0.05, 0.1) is 5.56 Å². The maximum Gasteiger partial charge on any atom is 0.338 e. The van der Waals surface area contributed by atoms with Crippen LogP contribution in [-0.2, 0) is 16.0 Å². The van der Waals surface area contributed by atoms with Crippen molar-refractivity contribution in [1.29, 1.82) is 0 Å². The van der Waals surface area contributed by atoms with E-state index in [-0.39, 0.29) is 12.5 Å². The van der Waals surface area contributed by atoms with E-state index >= 15 is 0 Å². The Labute approximate surface area is 126 Å². The van der Waals surface area contributed by atoms with Crippen molar-refractivity contribution < 1.29 is 14.3 Å². The smallest absolute Gasteiger partial charge is 0.338 e. The summed E-state index contributed by atoms with van der Waals surface area (Å²) in [6, 6.07) is 7.30. The van der Waals surface area contributed by atoms with Gasteiger partial charge in [0, 0.05) is 13.1 Å². The predicted octanol–water partition coefficient (Wildman–Crippen LogP) is 2.66. The molecule has 4 nitrogen and oxygen atoms in total. The molecule has 1 aliphatic rings. The van der Waals surface area contributed by atoms with E-state index in [1.165, 1.54) is 5.56 Å². The third-order valence-corrected chi connectivity index (χ3v) is 3.93. The molecule has 1 unspecified atom stereocenters. The van der Waals surface area contributed by atoms with Gasteiger partial charge < -0.3 is 9.64 Å². The normalized spacial score (nSPS) is 18.4. The Bertz CT molecular complexity index is 495. The molecule has 0 spiro atoms. The molecule has 1 saturated heterocycles. The van der Waals surface area contributed by atoms with Crippen LogP contribution in [0.25, 0.3) is 0 Å². The minimum Gasteiger partial charge on any atom is -0.452 e. The van der Waals surface area contributed by atoms with Gasteiger partial charge in [-0.2, -0.15) is 0 Å². The fourth-order valence-electron chi connectivity index (χ4n) is 2.59. The Kier molecular flexibility index (Phi) is 5.37. The molecule has 0 radical (unpaired) electrons. The number of benzene rings is 1. The van der Waals surface area contributed by atoms with E-state index in [9.17, 15) is 9.59 Å². The van der Waals surface area contributed by atoms with Crippen molar-refractivity contribution >= 4 is 11.9 Å². The Balaban J connectivity index is 1.83. The van der Waals surface area contributed by atoms with Gasteiger partial charge in [0.25, 0.3) is 5.91 Å². The number of ether oxygens (including phenoxy) is 1. The lowest BCUT2D eigenvalue weighted by Gasteiger charge is -2.30. The summed E-state index contributed by atoms with van der Waals surface area (Å²) in [4.78, 5) is 25.7. The summed E-state index contributed by atoms with van der Waals surface area (Å²) in [5.41, 5.74) is 1.66. The number of likely N-dealkylation sites (tertiary alicyclic amines) is 1. The van der Waals surface area contributed by atoms with Crippen LogP contribution in [0.2, 0.25) is 0 Å². The van der Waals surface area contributed by atoms with Crippen LogP contribution >= 0.6 is 0 Å². The van der Waals surface area contributed by atoms with Gasteiger partial charge >= 0.3 is 5.97 Å². The number of piperidine rings is 1. The number of esters is 1. The number of hydrogen-bond donors (Lipinski definition) is 0. The van der Waals surface area contributed by atoms with Gasteiger partial charge in [0.15, 0.2) is 6.61 Å². The Morgan fingerprint density at radius 3 is 2.62 bits per heavy atom. The lowest BCUT2D eigenvalue weighted by molar-refractivity contribution is -0.136. The Hall–Kier alpha value is -1.84. The van der Waals surface area contributed by atoms with Crippen molar-refractivity contribution in [3.8, 4) is 0 Å². The molecule has 4 heteroatoms. The van der Waals surface area contributed by atoms with Crippen molar-refractivity contribution in [3.05, 3.63) is 35.4 Å². The summed E-state index contributed by atoms with van der Waals surface area (Å²) < 4.78 is 5.12. The van der Waals surface area contributed by atoms with Crippen LogP contribution < -0.4 is 0 Å². The molecule has 2 rings (SSSR count). The fraction of sp³-hybridized carbons (Fsp3) is 0.529. The standard InChI is InChI=1S/C17H23NO3/c1-3-14-6-8-15(9-7-14)17(20)21-12-16(19)18-10-4-5-13(2)11-18/h6-9,13H,3-5,10-12H2,1-2H3. The van der Waals surface area contributed by atoms with E-state index in [0.29, 0.717) is 11.5 Å². The summed E-state index contributed by atoms with van der Waals surface area (Å²) in [6.45, 7) is 5.57. The molecule has 114 valence electrons. The van der Waals surface area contributed by atoms with E-state index in [1.807, 2.05) is 12.1 Å². The van der Waals surface area contributed by atoms with Crippen molar-refractivity contribution in [1.82, 2.24) is 4.90 Å². The second-order valence-electron chi connectivity index (χ2n) is 5.71. The quantitative estimate of drug-likeness (QED) is 0.801. The van der Waals surface area contributed by atoms with Gasteiger partial charge in [0.1, 0.15) is 0 Å². The first-order chi connectivity index (χ1) is 10.1. The van der Waals surface area contributed by atoms with Crippen LogP contribution in [0.15, 0.2) is 24.3 Å². The molecule has 1 aliphatic heterocycles. The van der Waals surface area contributed by atoms with Gasteiger partial charge in [-0.1, -0.05) is 26.0 Å². The molecule has 1 heterocycles.